The lowest BCUT2D eigenvalue weighted by Crippen LogP contribution is -2.40. The molecular weight excluding hydrogens is 238 g/mol. The van der Waals surface area contributed by atoms with Gasteiger partial charge in [0.1, 0.15) is 11.5 Å². The molecule has 3 heteroatoms. The van der Waals surface area contributed by atoms with E-state index in [1.54, 1.807) is 7.11 Å². The lowest BCUT2D eigenvalue weighted by Gasteiger charge is -2.36. The van der Waals surface area contributed by atoms with Gasteiger partial charge in [-0.3, -0.25) is 0 Å². The second-order valence-corrected chi connectivity index (χ2v) is 5.89. The van der Waals surface area contributed by atoms with Gasteiger partial charge in [-0.25, -0.2) is 0 Å². The number of hydrogen-bond donors (Lipinski definition) is 1. The standard InChI is InChI=1S/C16H23NO2/c1-11-10-13-12(6-9-19-13)14(15(11)18-2)16(17)7-4-3-5-8-16/h10H,3-9,17H2,1-2H3. The van der Waals surface area contributed by atoms with Gasteiger partial charge in [-0.05, 0) is 31.4 Å². The molecule has 1 aliphatic heterocycles. The largest absolute Gasteiger partial charge is 0.496 e. The first-order valence-electron chi connectivity index (χ1n) is 7.28. The van der Waals surface area contributed by atoms with Crippen molar-refractivity contribution in [2.24, 2.45) is 5.73 Å². The highest BCUT2D eigenvalue weighted by atomic mass is 16.5. The molecule has 0 radical (unpaired) electrons. The third-order valence-corrected chi connectivity index (χ3v) is 4.59. The van der Waals surface area contributed by atoms with Gasteiger partial charge in [0, 0.05) is 23.1 Å². The molecule has 0 bridgehead atoms. The Morgan fingerprint density at radius 1 is 1.26 bits per heavy atom. The normalized spacial score (nSPS) is 20.8. The molecule has 104 valence electrons. The predicted molar refractivity (Wildman–Crippen MR) is 75.9 cm³/mol. The predicted octanol–water partition coefficient (Wildman–Crippen LogP) is 3.06. The zero-order valence-corrected chi connectivity index (χ0v) is 11.9. The maximum Gasteiger partial charge on any atom is 0.127 e. The van der Waals surface area contributed by atoms with Crippen LogP contribution in [0.5, 0.6) is 11.5 Å². The molecule has 0 saturated heterocycles. The van der Waals surface area contributed by atoms with Gasteiger partial charge in [0.25, 0.3) is 0 Å². The van der Waals surface area contributed by atoms with Crippen LogP contribution in [0.1, 0.15) is 48.8 Å². The molecule has 1 aliphatic carbocycles. The van der Waals surface area contributed by atoms with E-state index < -0.39 is 0 Å². The van der Waals surface area contributed by atoms with Crippen molar-refractivity contribution in [3.05, 3.63) is 22.8 Å². The Hall–Kier alpha value is -1.22. The second-order valence-electron chi connectivity index (χ2n) is 5.89. The Bertz CT molecular complexity index is 486. The first-order chi connectivity index (χ1) is 9.15. The number of fused-ring (bicyclic) bond motifs is 1. The molecule has 1 fully saturated rings. The van der Waals surface area contributed by atoms with Crippen LogP contribution in [0.4, 0.5) is 0 Å². The van der Waals surface area contributed by atoms with Crippen molar-refractivity contribution in [3.63, 3.8) is 0 Å². The molecule has 3 nitrogen and oxygen atoms in total. The van der Waals surface area contributed by atoms with Crippen molar-refractivity contribution < 1.29 is 9.47 Å². The second kappa shape index (κ2) is 4.71. The summed E-state index contributed by atoms with van der Waals surface area (Å²) in [6, 6.07) is 2.09. The number of ether oxygens (including phenoxy) is 2. The SMILES string of the molecule is COc1c(C)cc2c(c1C1(N)CCCCC1)CCO2. The van der Waals surface area contributed by atoms with Gasteiger partial charge in [0.05, 0.1) is 13.7 Å². The van der Waals surface area contributed by atoms with Crippen LogP contribution in [0.15, 0.2) is 6.07 Å². The molecular formula is C16H23NO2. The molecule has 0 atom stereocenters. The topological polar surface area (TPSA) is 44.5 Å². The monoisotopic (exact) mass is 261 g/mol. The molecule has 2 N–H and O–H groups in total. The van der Waals surface area contributed by atoms with Gasteiger partial charge >= 0.3 is 0 Å². The summed E-state index contributed by atoms with van der Waals surface area (Å²) in [5.41, 5.74) is 10.2. The van der Waals surface area contributed by atoms with Crippen LogP contribution in [0.3, 0.4) is 0 Å². The van der Waals surface area contributed by atoms with Crippen LogP contribution in [0, 0.1) is 6.92 Å². The number of methoxy groups -OCH3 is 1. The highest BCUT2D eigenvalue weighted by Crippen LogP contribution is 2.46. The third kappa shape index (κ3) is 2.00. The first-order valence-corrected chi connectivity index (χ1v) is 7.28. The van der Waals surface area contributed by atoms with Gasteiger partial charge in [-0.2, -0.15) is 0 Å². The number of nitrogens with two attached hydrogens (primary N) is 1. The molecule has 1 saturated carbocycles. The molecule has 1 aromatic carbocycles. The van der Waals surface area contributed by atoms with Crippen molar-refractivity contribution in [1.82, 2.24) is 0 Å². The van der Waals surface area contributed by atoms with Crippen LogP contribution in [0.2, 0.25) is 0 Å². The fourth-order valence-corrected chi connectivity index (χ4v) is 3.67. The van der Waals surface area contributed by atoms with E-state index in [1.165, 1.54) is 30.4 Å². The van der Waals surface area contributed by atoms with E-state index in [2.05, 4.69) is 13.0 Å². The van der Waals surface area contributed by atoms with Crippen molar-refractivity contribution >= 4 is 0 Å². The van der Waals surface area contributed by atoms with E-state index >= 15 is 0 Å². The Kier molecular flexibility index (Phi) is 3.17. The van der Waals surface area contributed by atoms with Crippen molar-refractivity contribution in [3.8, 4) is 11.5 Å². The van der Waals surface area contributed by atoms with E-state index in [0.717, 1.165) is 42.9 Å². The highest BCUT2D eigenvalue weighted by Gasteiger charge is 2.37. The zero-order valence-electron chi connectivity index (χ0n) is 11.9. The minimum atomic E-state index is -0.229. The number of aryl methyl sites for hydroxylation is 1. The average Bonchev–Trinajstić information content (AvgIpc) is 2.85. The molecule has 0 spiro atoms. The van der Waals surface area contributed by atoms with E-state index in [0.29, 0.717) is 0 Å². The highest BCUT2D eigenvalue weighted by molar-refractivity contribution is 5.57. The van der Waals surface area contributed by atoms with E-state index in [-0.39, 0.29) is 5.54 Å². The van der Waals surface area contributed by atoms with Crippen LogP contribution in [-0.4, -0.2) is 13.7 Å². The third-order valence-electron chi connectivity index (χ3n) is 4.59. The average molecular weight is 261 g/mol. The van der Waals surface area contributed by atoms with Crippen LogP contribution in [-0.2, 0) is 12.0 Å². The molecule has 19 heavy (non-hydrogen) atoms. The summed E-state index contributed by atoms with van der Waals surface area (Å²) >= 11 is 0. The summed E-state index contributed by atoms with van der Waals surface area (Å²) in [4.78, 5) is 0. The van der Waals surface area contributed by atoms with Crippen molar-refractivity contribution in [2.45, 2.75) is 51.0 Å². The van der Waals surface area contributed by atoms with E-state index in [4.69, 9.17) is 15.2 Å². The van der Waals surface area contributed by atoms with Crippen LogP contribution in [0.25, 0.3) is 0 Å². The quantitative estimate of drug-likeness (QED) is 0.890. The summed E-state index contributed by atoms with van der Waals surface area (Å²) in [5.74, 6) is 2.00. The molecule has 0 aromatic heterocycles. The molecule has 2 aliphatic rings. The lowest BCUT2D eigenvalue weighted by molar-refractivity contribution is 0.286. The molecule has 1 heterocycles. The van der Waals surface area contributed by atoms with Crippen molar-refractivity contribution in [2.75, 3.05) is 13.7 Å². The fraction of sp³-hybridized carbons (Fsp3) is 0.625. The molecule has 0 amide bonds. The van der Waals surface area contributed by atoms with Gasteiger partial charge in [0.15, 0.2) is 0 Å². The van der Waals surface area contributed by atoms with Crippen molar-refractivity contribution in [1.29, 1.82) is 0 Å². The summed E-state index contributed by atoms with van der Waals surface area (Å²) in [7, 11) is 1.75. The Morgan fingerprint density at radius 2 is 2.00 bits per heavy atom. The van der Waals surface area contributed by atoms with Gasteiger partial charge in [-0.15, -0.1) is 0 Å². The lowest BCUT2D eigenvalue weighted by atomic mass is 9.74. The van der Waals surface area contributed by atoms with Gasteiger partial charge < -0.3 is 15.2 Å². The summed E-state index contributed by atoms with van der Waals surface area (Å²) in [6.45, 7) is 2.85. The summed E-state index contributed by atoms with van der Waals surface area (Å²) in [6.07, 6.45) is 6.79. The van der Waals surface area contributed by atoms with E-state index in [1.807, 2.05) is 0 Å². The number of hydrogen-bond acceptors (Lipinski definition) is 3. The number of rotatable bonds is 2. The maximum absolute atomic E-state index is 6.76. The minimum absolute atomic E-state index is 0.229. The fourth-order valence-electron chi connectivity index (χ4n) is 3.67. The minimum Gasteiger partial charge on any atom is -0.496 e. The first kappa shape index (κ1) is 12.8. The molecule has 3 rings (SSSR count). The molecule has 1 aromatic rings. The number of benzene rings is 1. The van der Waals surface area contributed by atoms with Gasteiger partial charge in [0.2, 0.25) is 0 Å². The summed E-state index contributed by atoms with van der Waals surface area (Å²) in [5, 5.41) is 0. The maximum atomic E-state index is 6.76. The Labute approximate surface area is 115 Å². The van der Waals surface area contributed by atoms with Crippen LogP contribution >= 0.6 is 0 Å². The summed E-state index contributed by atoms with van der Waals surface area (Å²) < 4.78 is 11.4. The Balaban J connectivity index is 2.17. The van der Waals surface area contributed by atoms with E-state index in [9.17, 15) is 0 Å². The zero-order chi connectivity index (χ0) is 13.5. The Morgan fingerprint density at radius 3 is 2.68 bits per heavy atom. The van der Waals surface area contributed by atoms with Gasteiger partial charge in [-0.1, -0.05) is 19.3 Å². The smallest absolute Gasteiger partial charge is 0.127 e. The molecule has 0 unspecified atom stereocenters. The van der Waals surface area contributed by atoms with Crippen LogP contribution < -0.4 is 15.2 Å².